The number of nitrogens with one attached hydrogen (secondary N) is 3. The normalized spacial score (nSPS) is 16.3. The van der Waals surface area contributed by atoms with Gasteiger partial charge in [0.15, 0.2) is 5.78 Å². The van der Waals surface area contributed by atoms with Crippen LogP contribution in [0.2, 0.25) is 0 Å². The summed E-state index contributed by atoms with van der Waals surface area (Å²) in [5.74, 6) is 0.00983. The zero-order valence-electron chi connectivity index (χ0n) is 16.6. The van der Waals surface area contributed by atoms with Crippen molar-refractivity contribution >= 4 is 37.7 Å². The van der Waals surface area contributed by atoms with Crippen molar-refractivity contribution in [1.29, 1.82) is 0 Å². The smallest absolute Gasteiger partial charge is 0.323 e. The molecule has 0 saturated carbocycles. The summed E-state index contributed by atoms with van der Waals surface area (Å²) in [6.45, 7) is 1.77. The van der Waals surface area contributed by atoms with Gasteiger partial charge in [-0.05, 0) is 24.3 Å². The summed E-state index contributed by atoms with van der Waals surface area (Å²) in [6.07, 6.45) is 1.73. The topological polar surface area (TPSA) is 122 Å². The van der Waals surface area contributed by atoms with E-state index in [1.54, 1.807) is 12.3 Å². The lowest BCUT2D eigenvalue weighted by Gasteiger charge is -2.33. The van der Waals surface area contributed by atoms with E-state index >= 15 is 0 Å². The molecule has 5 rings (SSSR count). The lowest BCUT2D eigenvalue weighted by Crippen LogP contribution is -2.49. The van der Waals surface area contributed by atoms with Crippen molar-refractivity contribution in [3.63, 3.8) is 0 Å². The fourth-order valence-electron chi connectivity index (χ4n) is 4.04. The Bertz CT molecular complexity index is 1440. The number of benzene rings is 2. The zero-order valence-corrected chi connectivity index (χ0v) is 17.4. The molecule has 0 spiro atoms. The minimum Gasteiger partial charge on any atom is -0.360 e. The highest BCUT2D eigenvalue weighted by Gasteiger charge is 2.29. The van der Waals surface area contributed by atoms with Crippen LogP contribution >= 0.6 is 0 Å². The first-order chi connectivity index (χ1) is 14.9. The van der Waals surface area contributed by atoms with Gasteiger partial charge in [0.25, 0.3) is 0 Å². The fourth-order valence-corrected chi connectivity index (χ4v) is 5.49. The Morgan fingerprint density at radius 3 is 2.48 bits per heavy atom. The van der Waals surface area contributed by atoms with Gasteiger partial charge in [0.1, 0.15) is 0 Å². The van der Waals surface area contributed by atoms with E-state index in [1.807, 2.05) is 29.2 Å². The minimum absolute atomic E-state index is 0.00983. The lowest BCUT2D eigenvalue weighted by molar-refractivity contribution is 0.0903. The van der Waals surface area contributed by atoms with Gasteiger partial charge in [-0.25, -0.2) is 13.2 Å². The molecular formula is C21H21N5O4S. The Balaban J connectivity index is 1.27. The van der Waals surface area contributed by atoms with Crippen LogP contribution in [0.3, 0.4) is 0 Å². The Labute approximate surface area is 177 Å². The van der Waals surface area contributed by atoms with Crippen LogP contribution in [0.1, 0.15) is 10.4 Å². The molecule has 9 nitrogen and oxygen atoms in total. The van der Waals surface area contributed by atoms with Gasteiger partial charge in [-0.2, -0.15) is 4.31 Å². The summed E-state index contributed by atoms with van der Waals surface area (Å²) in [4.78, 5) is 34.6. The van der Waals surface area contributed by atoms with Crippen LogP contribution < -0.4 is 5.69 Å². The maximum absolute atomic E-state index is 13.0. The molecule has 2 aromatic carbocycles. The number of aromatic nitrogens is 3. The number of rotatable bonds is 5. The molecule has 1 aliphatic heterocycles. The summed E-state index contributed by atoms with van der Waals surface area (Å²) >= 11 is 0. The molecule has 4 aromatic rings. The van der Waals surface area contributed by atoms with E-state index < -0.39 is 10.0 Å². The minimum atomic E-state index is -3.69. The van der Waals surface area contributed by atoms with E-state index in [9.17, 15) is 18.0 Å². The number of piperazine rings is 1. The van der Waals surface area contributed by atoms with Crippen molar-refractivity contribution in [2.45, 2.75) is 4.90 Å². The largest absolute Gasteiger partial charge is 0.360 e. The van der Waals surface area contributed by atoms with Gasteiger partial charge >= 0.3 is 5.69 Å². The van der Waals surface area contributed by atoms with Crippen molar-refractivity contribution in [3.8, 4) is 0 Å². The van der Waals surface area contributed by atoms with Crippen LogP contribution in [0.15, 0.2) is 58.4 Å². The van der Waals surface area contributed by atoms with E-state index in [0.717, 1.165) is 10.9 Å². The second-order valence-electron chi connectivity index (χ2n) is 7.64. The fraction of sp³-hybridized carbons (Fsp3) is 0.238. The van der Waals surface area contributed by atoms with Gasteiger partial charge in [0, 0.05) is 48.8 Å². The summed E-state index contributed by atoms with van der Waals surface area (Å²) in [6, 6.07) is 12.2. The number of sulfonamides is 1. The van der Waals surface area contributed by atoms with Crippen molar-refractivity contribution in [1.82, 2.24) is 24.2 Å². The summed E-state index contributed by atoms with van der Waals surface area (Å²) in [5.41, 5.74) is 2.21. The van der Waals surface area contributed by atoms with E-state index in [0.29, 0.717) is 42.8 Å². The SMILES string of the molecule is O=C(CN1CCN(S(=O)(=O)c2ccc3[nH]c(=O)[nH]c3c2)CC1)c1c[nH]c2ccccc12. The van der Waals surface area contributed by atoms with Gasteiger partial charge in [-0.1, -0.05) is 18.2 Å². The number of imidazole rings is 1. The molecule has 31 heavy (non-hydrogen) atoms. The molecule has 3 N–H and O–H groups in total. The first kappa shape index (κ1) is 19.7. The molecule has 0 atom stereocenters. The molecule has 10 heteroatoms. The number of para-hydroxylation sites is 1. The highest BCUT2D eigenvalue weighted by molar-refractivity contribution is 7.89. The van der Waals surface area contributed by atoms with Crippen LogP contribution in [0.25, 0.3) is 21.9 Å². The van der Waals surface area contributed by atoms with Gasteiger partial charge in [-0.15, -0.1) is 0 Å². The average molecular weight is 439 g/mol. The van der Waals surface area contributed by atoms with E-state index in [1.165, 1.54) is 16.4 Å². The number of carbonyl (C=O) groups excluding carboxylic acids is 1. The number of carbonyl (C=O) groups is 1. The Hall–Kier alpha value is -3.21. The summed E-state index contributed by atoms with van der Waals surface area (Å²) in [7, 11) is -3.69. The maximum atomic E-state index is 13.0. The van der Waals surface area contributed by atoms with Crippen LogP contribution in [0, 0.1) is 0 Å². The number of Topliss-reactive ketones (excluding diaryl/α,β-unsaturated/α-hetero) is 1. The molecule has 0 radical (unpaired) electrons. The van der Waals surface area contributed by atoms with Crippen molar-refractivity contribution in [2.24, 2.45) is 0 Å². The average Bonchev–Trinajstić information content (AvgIpc) is 3.36. The van der Waals surface area contributed by atoms with Gasteiger partial charge in [-0.3, -0.25) is 9.69 Å². The third kappa shape index (κ3) is 3.58. The van der Waals surface area contributed by atoms with Crippen LogP contribution in [0.4, 0.5) is 0 Å². The molecule has 3 heterocycles. The number of fused-ring (bicyclic) bond motifs is 2. The van der Waals surface area contributed by atoms with Crippen molar-refractivity contribution in [3.05, 3.63) is 64.7 Å². The molecule has 0 unspecified atom stereocenters. The zero-order chi connectivity index (χ0) is 21.6. The quantitative estimate of drug-likeness (QED) is 0.407. The predicted octanol–water partition coefficient (Wildman–Crippen LogP) is 1.53. The monoisotopic (exact) mass is 439 g/mol. The van der Waals surface area contributed by atoms with Gasteiger partial charge in [0.05, 0.1) is 22.5 Å². The Morgan fingerprint density at radius 1 is 0.935 bits per heavy atom. The standard InChI is InChI=1S/C21H21N5O4S/c27-20(16-12-22-17-4-2-1-3-15(16)17)13-25-7-9-26(10-8-25)31(29,30)14-5-6-18-19(11-14)24-21(28)23-18/h1-6,11-12,22H,7-10,13H2,(H2,23,24,28). The molecule has 0 amide bonds. The molecular weight excluding hydrogens is 418 g/mol. The first-order valence-corrected chi connectivity index (χ1v) is 11.4. The highest BCUT2D eigenvalue weighted by atomic mass is 32.2. The van der Waals surface area contributed by atoms with Gasteiger partial charge in [0.2, 0.25) is 10.0 Å². The number of aromatic amines is 3. The Morgan fingerprint density at radius 2 is 1.68 bits per heavy atom. The number of hydrogen-bond donors (Lipinski definition) is 3. The van der Waals surface area contributed by atoms with E-state index in [-0.39, 0.29) is 22.9 Å². The van der Waals surface area contributed by atoms with Crippen LogP contribution in [-0.4, -0.2) is 71.1 Å². The van der Waals surface area contributed by atoms with Gasteiger partial charge < -0.3 is 15.0 Å². The second-order valence-corrected chi connectivity index (χ2v) is 9.58. The van der Waals surface area contributed by atoms with E-state index in [2.05, 4.69) is 15.0 Å². The molecule has 2 aromatic heterocycles. The van der Waals surface area contributed by atoms with E-state index in [4.69, 9.17) is 0 Å². The molecule has 1 fully saturated rings. The molecule has 1 saturated heterocycles. The number of ketones is 1. The maximum Gasteiger partial charge on any atom is 0.323 e. The summed E-state index contributed by atoms with van der Waals surface area (Å²) < 4.78 is 27.5. The molecule has 160 valence electrons. The number of hydrogen-bond acceptors (Lipinski definition) is 5. The Kier molecular flexibility index (Phi) is 4.77. The predicted molar refractivity (Wildman–Crippen MR) is 117 cm³/mol. The highest BCUT2D eigenvalue weighted by Crippen LogP contribution is 2.22. The molecule has 0 aliphatic carbocycles. The lowest BCUT2D eigenvalue weighted by atomic mass is 10.1. The number of H-pyrrole nitrogens is 3. The third-order valence-electron chi connectivity index (χ3n) is 5.71. The third-order valence-corrected chi connectivity index (χ3v) is 7.61. The number of nitrogens with zero attached hydrogens (tertiary/aromatic N) is 2. The van der Waals surface area contributed by atoms with Crippen LogP contribution in [-0.2, 0) is 10.0 Å². The van der Waals surface area contributed by atoms with Crippen LogP contribution in [0.5, 0.6) is 0 Å². The van der Waals surface area contributed by atoms with Crippen molar-refractivity contribution in [2.75, 3.05) is 32.7 Å². The second kappa shape index (κ2) is 7.49. The first-order valence-electron chi connectivity index (χ1n) is 9.96. The summed E-state index contributed by atoms with van der Waals surface area (Å²) in [5, 5.41) is 0.895. The molecule has 0 bridgehead atoms. The molecule has 1 aliphatic rings. The van der Waals surface area contributed by atoms with Crippen molar-refractivity contribution < 1.29 is 13.2 Å².